The van der Waals surface area contributed by atoms with Crippen molar-refractivity contribution in [1.29, 1.82) is 0 Å². The molecule has 0 radical (unpaired) electrons. The van der Waals surface area contributed by atoms with Crippen LogP contribution in [0.1, 0.15) is 36.2 Å². The lowest BCUT2D eigenvalue weighted by Gasteiger charge is -2.22. The summed E-state index contributed by atoms with van der Waals surface area (Å²) in [6.45, 7) is 4.76. The molecule has 156 valence electrons. The zero-order valence-electron chi connectivity index (χ0n) is 17.6. The molecule has 1 aromatic heterocycles. The highest BCUT2D eigenvalue weighted by Crippen LogP contribution is 2.28. The Labute approximate surface area is 178 Å². The molecule has 0 amide bonds. The van der Waals surface area contributed by atoms with Crippen molar-refractivity contribution in [3.8, 4) is 0 Å². The Bertz CT molecular complexity index is 963. The number of anilines is 2. The molecule has 5 rings (SSSR count). The number of benzene rings is 2. The average molecular weight is 404 g/mol. The van der Waals surface area contributed by atoms with Crippen molar-refractivity contribution in [3.05, 3.63) is 71.8 Å². The Morgan fingerprint density at radius 3 is 2.53 bits per heavy atom. The van der Waals surface area contributed by atoms with Crippen LogP contribution in [-0.2, 0) is 24.2 Å². The molecule has 0 aliphatic carbocycles. The molecule has 3 aromatic rings. The van der Waals surface area contributed by atoms with Crippen molar-refractivity contribution in [2.75, 3.05) is 31.6 Å². The van der Waals surface area contributed by atoms with E-state index >= 15 is 0 Å². The van der Waals surface area contributed by atoms with E-state index in [0.717, 1.165) is 63.7 Å². The lowest BCUT2D eigenvalue weighted by Crippen LogP contribution is -2.27. The van der Waals surface area contributed by atoms with E-state index in [1.54, 1.807) is 0 Å². The van der Waals surface area contributed by atoms with Crippen molar-refractivity contribution in [2.45, 2.75) is 38.5 Å². The third kappa shape index (κ3) is 3.98. The van der Waals surface area contributed by atoms with Crippen molar-refractivity contribution >= 4 is 11.4 Å². The Balaban J connectivity index is 1.22. The maximum absolute atomic E-state index is 5.85. The molecular weight excluding hydrogens is 374 g/mol. The number of hydrogen-bond donors (Lipinski definition) is 0. The summed E-state index contributed by atoms with van der Waals surface area (Å²) in [6, 6.07) is 19.4. The van der Waals surface area contributed by atoms with Crippen LogP contribution in [0.15, 0.2) is 54.6 Å². The Morgan fingerprint density at radius 1 is 0.967 bits per heavy atom. The SMILES string of the molecule is CN(c1ccccc1)c1ccc(CN2CCc3nnc(C4CCCO4)n3CC2)cc1. The van der Waals surface area contributed by atoms with Crippen LogP contribution in [0.4, 0.5) is 11.4 Å². The van der Waals surface area contributed by atoms with Gasteiger partial charge in [0.1, 0.15) is 11.9 Å². The van der Waals surface area contributed by atoms with Crippen LogP contribution in [0.3, 0.4) is 0 Å². The third-order valence-corrected chi connectivity index (χ3v) is 6.24. The second-order valence-corrected chi connectivity index (χ2v) is 8.21. The highest BCUT2D eigenvalue weighted by Gasteiger charge is 2.27. The van der Waals surface area contributed by atoms with Crippen LogP contribution in [-0.4, -0.2) is 46.4 Å². The fourth-order valence-corrected chi connectivity index (χ4v) is 4.45. The zero-order chi connectivity index (χ0) is 20.3. The van der Waals surface area contributed by atoms with Gasteiger partial charge in [-0.25, -0.2) is 0 Å². The van der Waals surface area contributed by atoms with Gasteiger partial charge in [-0.2, -0.15) is 0 Å². The maximum Gasteiger partial charge on any atom is 0.162 e. The number of rotatable bonds is 5. The number of para-hydroxylation sites is 1. The minimum atomic E-state index is 0.131. The average Bonchev–Trinajstić information content (AvgIpc) is 3.42. The number of hydrogen-bond acceptors (Lipinski definition) is 5. The standard InChI is InChI=1S/C24H29N5O/c1-27(20-6-3-2-4-7-20)21-11-9-19(10-12-21)18-28-14-13-23-25-26-24(29(23)16-15-28)22-8-5-17-30-22/h2-4,6-7,9-12,22H,5,8,13-18H2,1H3. The summed E-state index contributed by atoms with van der Waals surface area (Å²) in [4.78, 5) is 4.73. The van der Waals surface area contributed by atoms with Crippen molar-refractivity contribution in [2.24, 2.45) is 0 Å². The van der Waals surface area contributed by atoms with Gasteiger partial charge in [-0.1, -0.05) is 30.3 Å². The Hall–Kier alpha value is -2.70. The van der Waals surface area contributed by atoms with Crippen LogP contribution in [0.5, 0.6) is 0 Å². The van der Waals surface area contributed by atoms with Gasteiger partial charge in [-0.3, -0.25) is 4.90 Å². The lowest BCUT2D eigenvalue weighted by atomic mass is 10.1. The molecule has 1 saturated heterocycles. The van der Waals surface area contributed by atoms with Crippen molar-refractivity contribution < 1.29 is 4.74 Å². The molecule has 3 heterocycles. The number of aromatic nitrogens is 3. The molecule has 30 heavy (non-hydrogen) atoms. The van der Waals surface area contributed by atoms with E-state index < -0.39 is 0 Å². The predicted molar refractivity (Wildman–Crippen MR) is 118 cm³/mol. The molecule has 1 atom stereocenters. The second-order valence-electron chi connectivity index (χ2n) is 8.21. The molecule has 6 heteroatoms. The molecule has 1 fully saturated rings. The van der Waals surface area contributed by atoms with E-state index in [2.05, 4.69) is 80.1 Å². The minimum absolute atomic E-state index is 0.131. The summed E-state index contributed by atoms with van der Waals surface area (Å²) >= 11 is 0. The first-order valence-electron chi connectivity index (χ1n) is 10.9. The van der Waals surface area contributed by atoms with Gasteiger partial charge < -0.3 is 14.2 Å². The summed E-state index contributed by atoms with van der Waals surface area (Å²) in [5.41, 5.74) is 3.74. The van der Waals surface area contributed by atoms with E-state index in [9.17, 15) is 0 Å². The Morgan fingerprint density at radius 2 is 1.77 bits per heavy atom. The first kappa shape index (κ1) is 19.3. The van der Waals surface area contributed by atoms with Crippen LogP contribution in [0, 0.1) is 0 Å². The molecule has 0 spiro atoms. The second kappa shape index (κ2) is 8.58. The molecular formula is C24H29N5O. The molecule has 2 aromatic carbocycles. The van der Waals surface area contributed by atoms with Gasteiger partial charge in [0.15, 0.2) is 5.82 Å². The van der Waals surface area contributed by atoms with Crippen molar-refractivity contribution in [3.63, 3.8) is 0 Å². The quantitative estimate of drug-likeness (QED) is 0.645. The molecule has 0 N–H and O–H groups in total. The summed E-state index contributed by atoms with van der Waals surface area (Å²) in [6.07, 6.45) is 3.25. The van der Waals surface area contributed by atoms with Gasteiger partial charge >= 0.3 is 0 Å². The largest absolute Gasteiger partial charge is 0.370 e. The topological polar surface area (TPSA) is 46.4 Å². The van der Waals surface area contributed by atoms with Crippen LogP contribution < -0.4 is 4.90 Å². The fourth-order valence-electron chi connectivity index (χ4n) is 4.45. The van der Waals surface area contributed by atoms with Gasteiger partial charge in [0.2, 0.25) is 0 Å². The highest BCUT2D eigenvalue weighted by molar-refractivity contribution is 5.62. The summed E-state index contributed by atoms with van der Waals surface area (Å²) in [7, 11) is 2.11. The predicted octanol–water partition coefficient (Wildman–Crippen LogP) is 3.96. The number of ether oxygens (including phenoxy) is 1. The summed E-state index contributed by atoms with van der Waals surface area (Å²) in [5, 5.41) is 8.91. The van der Waals surface area contributed by atoms with Gasteiger partial charge in [0, 0.05) is 57.6 Å². The van der Waals surface area contributed by atoms with E-state index in [-0.39, 0.29) is 6.10 Å². The van der Waals surface area contributed by atoms with Crippen LogP contribution >= 0.6 is 0 Å². The first-order chi connectivity index (χ1) is 14.8. The molecule has 2 aliphatic rings. The van der Waals surface area contributed by atoms with E-state index in [4.69, 9.17) is 4.74 Å². The molecule has 2 aliphatic heterocycles. The third-order valence-electron chi connectivity index (χ3n) is 6.24. The van der Waals surface area contributed by atoms with E-state index in [1.807, 2.05) is 6.07 Å². The number of fused-ring (bicyclic) bond motifs is 1. The monoisotopic (exact) mass is 403 g/mol. The fraction of sp³-hybridized carbons (Fsp3) is 0.417. The number of nitrogens with zero attached hydrogens (tertiary/aromatic N) is 5. The maximum atomic E-state index is 5.85. The summed E-state index contributed by atoms with van der Waals surface area (Å²) in [5.74, 6) is 2.13. The summed E-state index contributed by atoms with van der Waals surface area (Å²) < 4.78 is 8.15. The zero-order valence-corrected chi connectivity index (χ0v) is 17.6. The molecule has 1 unspecified atom stereocenters. The van der Waals surface area contributed by atoms with Crippen LogP contribution in [0.2, 0.25) is 0 Å². The van der Waals surface area contributed by atoms with Gasteiger partial charge in [-0.15, -0.1) is 10.2 Å². The molecule has 0 bridgehead atoms. The van der Waals surface area contributed by atoms with E-state index in [0.29, 0.717) is 0 Å². The van der Waals surface area contributed by atoms with Gasteiger partial charge in [-0.05, 0) is 42.7 Å². The minimum Gasteiger partial charge on any atom is -0.370 e. The highest BCUT2D eigenvalue weighted by atomic mass is 16.5. The van der Waals surface area contributed by atoms with Gasteiger partial charge in [0.05, 0.1) is 0 Å². The molecule has 6 nitrogen and oxygen atoms in total. The van der Waals surface area contributed by atoms with E-state index in [1.165, 1.54) is 16.9 Å². The van der Waals surface area contributed by atoms with Crippen molar-refractivity contribution in [1.82, 2.24) is 19.7 Å². The molecule has 0 saturated carbocycles. The lowest BCUT2D eigenvalue weighted by molar-refractivity contribution is 0.101. The smallest absolute Gasteiger partial charge is 0.162 e. The normalized spacial score (nSPS) is 19.4. The Kier molecular flexibility index (Phi) is 5.51. The first-order valence-corrected chi connectivity index (χ1v) is 10.9. The van der Waals surface area contributed by atoms with Gasteiger partial charge in [0.25, 0.3) is 0 Å². The van der Waals surface area contributed by atoms with Crippen LogP contribution in [0.25, 0.3) is 0 Å².